The summed E-state index contributed by atoms with van der Waals surface area (Å²) in [5.41, 5.74) is 3.82. The molecule has 0 aliphatic rings. The zero-order valence-corrected chi connectivity index (χ0v) is 15.1. The van der Waals surface area contributed by atoms with Crippen molar-refractivity contribution in [3.63, 3.8) is 0 Å². The van der Waals surface area contributed by atoms with E-state index in [-0.39, 0.29) is 11.6 Å². The van der Waals surface area contributed by atoms with E-state index in [1.54, 1.807) is 36.6 Å². The molecule has 6 heteroatoms. The van der Waals surface area contributed by atoms with Crippen molar-refractivity contribution in [2.75, 3.05) is 0 Å². The predicted octanol–water partition coefficient (Wildman–Crippen LogP) is 3.67. The van der Waals surface area contributed by atoms with Crippen LogP contribution in [0.1, 0.15) is 20.8 Å². The summed E-state index contributed by atoms with van der Waals surface area (Å²) < 4.78 is 0. The molecule has 0 saturated carbocycles. The first-order valence-corrected chi connectivity index (χ1v) is 9.10. The van der Waals surface area contributed by atoms with Crippen LogP contribution in [0, 0.1) is 0 Å². The lowest BCUT2D eigenvalue weighted by atomic mass is 10.1. The van der Waals surface area contributed by atoms with Gasteiger partial charge < -0.3 is 5.32 Å². The van der Waals surface area contributed by atoms with Crippen molar-refractivity contribution in [2.45, 2.75) is 0 Å². The zero-order chi connectivity index (χ0) is 18.9. The fraction of sp³-hybridized carbons (Fsp3) is 0. The average Bonchev–Trinajstić information content (AvgIpc) is 3.22. The Morgan fingerprint density at radius 1 is 0.889 bits per heavy atom. The molecule has 0 bridgehead atoms. The summed E-state index contributed by atoms with van der Waals surface area (Å²) in [6.45, 7) is 0. The van der Waals surface area contributed by atoms with E-state index in [9.17, 15) is 9.59 Å². The van der Waals surface area contributed by atoms with E-state index in [4.69, 9.17) is 0 Å². The lowest BCUT2D eigenvalue weighted by Crippen LogP contribution is -2.32. The molecule has 0 unspecified atom stereocenters. The Morgan fingerprint density at radius 3 is 2.26 bits per heavy atom. The van der Waals surface area contributed by atoms with Gasteiger partial charge in [-0.2, -0.15) is 5.10 Å². The summed E-state index contributed by atoms with van der Waals surface area (Å²) in [5.74, 6) is -0.869. The summed E-state index contributed by atoms with van der Waals surface area (Å²) in [6.07, 6.45) is 3.17. The number of benzene rings is 2. The Balaban J connectivity index is 1.78. The van der Waals surface area contributed by atoms with Crippen LogP contribution < -0.4 is 10.7 Å². The van der Waals surface area contributed by atoms with Crippen LogP contribution in [0.2, 0.25) is 0 Å². The van der Waals surface area contributed by atoms with Crippen molar-refractivity contribution in [1.29, 1.82) is 0 Å². The fourth-order valence-electron chi connectivity index (χ4n) is 2.24. The molecule has 5 nitrogen and oxygen atoms in total. The summed E-state index contributed by atoms with van der Waals surface area (Å²) in [4.78, 5) is 25.9. The van der Waals surface area contributed by atoms with Crippen molar-refractivity contribution in [2.24, 2.45) is 5.10 Å². The molecule has 1 heterocycles. The lowest BCUT2D eigenvalue weighted by molar-refractivity contribution is -0.117. The van der Waals surface area contributed by atoms with E-state index in [0.717, 1.165) is 10.4 Å². The molecule has 0 saturated heterocycles. The Hall–Kier alpha value is -3.51. The van der Waals surface area contributed by atoms with Gasteiger partial charge in [0.25, 0.3) is 11.8 Å². The molecule has 134 valence electrons. The monoisotopic (exact) mass is 375 g/mol. The van der Waals surface area contributed by atoms with Crippen LogP contribution in [0.15, 0.2) is 89.0 Å². The van der Waals surface area contributed by atoms with Crippen molar-refractivity contribution < 1.29 is 9.59 Å². The molecule has 2 aromatic carbocycles. The fourth-order valence-corrected chi connectivity index (χ4v) is 2.82. The van der Waals surface area contributed by atoms with Crippen molar-refractivity contribution in [3.8, 4) is 0 Å². The maximum absolute atomic E-state index is 12.5. The maximum Gasteiger partial charge on any atom is 0.287 e. The third kappa shape index (κ3) is 5.49. The van der Waals surface area contributed by atoms with E-state index in [2.05, 4.69) is 15.8 Å². The van der Waals surface area contributed by atoms with Crippen LogP contribution in [0.4, 0.5) is 0 Å². The van der Waals surface area contributed by atoms with Crippen LogP contribution >= 0.6 is 11.3 Å². The Bertz CT molecular complexity index is 950. The van der Waals surface area contributed by atoms with E-state index in [0.29, 0.717) is 5.56 Å². The lowest BCUT2D eigenvalue weighted by Gasteiger charge is -2.09. The van der Waals surface area contributed by atoms with Gasteiger partial charge in [-0.1, -0.05) is 54.6 Å². The van der Waals surface area contributed by atoms with Crippen molar-refractivity contribution >= 4 is 35.4 Å². The Labute approximate surface area is 161 Å². The highest BCUT2D eigenvalue weighted by Gasteiger charge is 2.14. The first-order chi connectivity index (χ1) is 13.2. The van der Waals surface area contributed by atoms with Crippen LogP contribution in [0.25, 0.3) is 6.08 Å². The third-order valence-corrected chi connectivity index (χ3v) is 4.35. The van der Waals surface area contributed by atoms with Gasteiger partial charge in [-0.3, -0.25) is 9.59 Å². The molecule has 3 rings (SSSR count). The minimum atomic E-state index is -0.504. The number of rotatable bonds is 6. The van der Waals surface area contributed by atoms with Crippen molar-refractivity contribution in [1.82, 2.24) is 10.7 Å². The van der Waals surface area contributed by atoms with Gasteiger partial charge in [-0.05, 0) is 35.2 Å². The second-order valence-corrected chi connectivity index (χ2v) is 6.48. The van der Waals surface area contributed by atoms with Gasteiger partial charge in [0.2, 0.25) is 0 Å². The second kappa shape index (κ2) is 9.26. The smallest absolute Gasteiger partial charge is 0.287 e. The molecule has 0 fully saturated rings. The number of thiophene rings is 1. The van der Waals surface area contributed by atoms with Gasteiger partial charge in [-0.15, -0.1) is 11.3 Å². The molecule has 0 aliphatic carbocycles. The normalized spacial score (nSPS) is 11.3. The standard InChI is InChI=1S/C21H17N3O2S/c25-20(17-10-5-2-6-11-17)23-19(14-16-8-3-1-4-9-16)21(26)24-22-15-18-12-7-13-27-18/h1-15H,(H,23,25)(H,24,26)/b19-14-,22-15+. The summed E-state index contributed by atoms with van der Waals surface area (Å²) >= 11 is 1.51. The molecule has 3 aromatic rings. The predicted molar refractivity (Wildman–Crippen MR) is 108 cm³/mol. The SMILES string of the molecule is O=C(N/N=C/c1cccs1)/C(=C/c1ccccc1)NC(=O)c1ccccc1. The van der Waals surface area contributed by atoms with Gasteiger partial charge in [-0.25, -0.2) is 5.43 Å². The molecule has 0 spiro atoms. The van der Waals surface area contributed by atoms with Crippen LogP contribution in [-0.2, 0) is 4.79 Å². The molecule has 0 aliphatic heterocycles. The average molecular weight is 375 g/mol. The Kier molecular flexibility index (Phi) is 6.27. The van der Waals surface area contributed by atoms with Gasteiger partial charge in [0.1, 0.15) is 5.70 Å². The molecule has 2 amide bonds. The van der Waals surface area contributed by atoms with E-state index in [1.807, 2.05) is 53.9 Å². The molecule has 1 aromatic heterocycles. The molecule has 0 radical (unpaired) electrons. The van der Waals surface area contributed by atoms with Gasteiger partial charge in [0, 0.05) is 10.4 Å². The number of hydrogen-bond donors (Lipinski definition) is 2. The maximum atomic E-state index is 12.5. The molecular weight excluding hydrogens is 358 g/mol. The first-order valence-electron chi connectivity index (χ1n) is 8.22. The first kappa shape index (κ1) is 18.3. The molecule has 0 atom stereocenters. The minimum absolute atomic E-state index is 0.110. The summed E-state index contributed by atoms with van der Waals surface area (Å²) in [6, 6.07) is 21.8. The van der Waals surface area contributed by atoms with Crippen LogP contribution in [0.5, 0.6) is 0 Å². The van der Waals surface area contributed by atoms with Gasteiger partial charge in [0.05, 0.1) is 6.21 Å². The third-order valence-electron chi connectivity index (χ3n) is 3.54. The van der Waals surface area contributed by atoms with E-state index >= 15 is 0 Å². The number of nitrogens with one attached hydrogen (secondary N) is 2. The highest BCUT2D eigenvalue weighted by Crippen LogP contribution is 2.08. The quantitative estimate of drug-likeness (QED) is 0.392. The van der Waals surface area contributed by atoms with Gasteiger partial charge in [0.15, 0.2) is 0 Å². The number of nitrogens with zero attached hydrogens (tertiary/aromatic N) is 1. The summed E-state index contributed by atoms with van der Waals surface area (Å²) in [5, 5.41) is 8.53. The number of hydrazone groups is 1. The molecule has 2 N–H and O–H groups in total. The highest BCUT2D eigenvalue weighted by molar-refractivity contribution is 7.11. The van der Waals surface area contributed by atoms with Crippen LogP contribution in [-0.4, -0.2) is 18.0 Å². The topological polar surface area (TPSA) is 70.6 Å². The zero-order valence-electron chi connectivity index (χ0n) is 14.3. The van der Waals surface area contributed by atoms with Gasteiger partial charge >= 0.3 is 0 Å². The minimum Gasteiger partial charge on any atom is -0.317 e. The number of carbonyl (C=O) groups excluding carboxylic acids is 2. The number of amides is 2. The molecule has 27 heavy (non-hydrogen) atoms. The van der Waals surface area contributed by atoms with Crippen LogP contribution in [0.3, 0.4) is 0 Å². The largest absolute Gasteiger partial charge is 0.317 e. The highest BCUT2D eigenvalue weighted by atomic mass is 32.1. The number of carbonyl (C=O) groups is 2. The second-order valence-electron chi connectivity index (χ2n) is 5.50. The van der Waals surface area contributed by atoms with E-state index < -0.39 is 5.91 Å². The van der Waals surface area contributed by atoms with Crippen molar-refractivity contribution in [3.05, 3.63) is 99.9 Å². The summed E-state index contributed by atoms with van der Waals surface area (Å²) in [7, 11) is 0. The number of hydrogen-bond acceptors (Lipinski definition) is 4. The Morgan fingerprint density at radius 2 is 1.59 bits per heavy atom. The van der Waals surface area contributed by atoms with E-state index in [1.165, 1.54) is 11.3 Å². The molecular formula is C21H17N3O2S.